The number of esters is 1. The molecule has 96 valence electrons. The molecule has 2 aliphatic carbocycles. The lowest BCUT2D eigenvalue weighted by Gasteiger charge is -2.26. The van der Waals surface area contributed by atoms with Crippen LogP contribution in [0.1, 0.15) is 24.8 Å². The lowest BCUT2D eigenvalue weighted by molar-refractivity contribution is -0.152. The van der Waals surface area contributed by atoms with Gasteiger partial charge in [0.05, 0.1) is 5.92 Å². The van der Waals surface area contributed by atoms with Crippen molar-refractivity contribution in [3.8, 4) is 0 Å². The fraction of sp³-hybridized carbons (Fsp3) is 0.533. The number of fused-ring (bicyclic) bond motifs is 2. The van der Waals surface area contributed by atoms with Crippen LogP contribution < -0.4 is 5.73 Å². The average Bonchev–Trinajstić information content (AvgIpc) is 2.98. The first-order chi connectivity index (χ1) is 8.75. The van der Waals surface area contributed by atoms with E-state index in [4.69, 9.17) is 10.5 Å². The number of carbonyl (C=O) groups is 1. The minimum absolute atomic E-state index is 0.0204. The van der Waals surface area contributed by atoms with Crippen molar-refractivity contribution in [3.05, 3.63) is 35.9 Å². The van der Waals surface area contributed by atoms with Gasteiger partial charge in [-0.3, -0.25) is 4.79 Å². The molecule has 18 heavy (non-hydrogen) atoms. The molecule has 3 heteroatoms. The Hall–Kier alpha value is -1.35. The number of ether oxygens (including phenoxy) is 1. The fourth-order valence-electron chi connectivity index (χ4n) is 3.51. The number of nitrogens with two attached hydrogens (primary N) is 1. The SMILES string of the molecule is N[C@@H]1[C@@H]2CC[C@@H](C2)[C@@H]1C(=O)OCc1ccccc1. The molecule has 0 heterocycles. The zero-order valence-electron chi connectivity index (χ0n) is 10.4. The number of carbonyl (C=O) groups excluding carboxylic acids is 1. The molecule has 0 aliphatic heterocycles. The highest BCUT2D eigenvalue weighted by Crippen LogP contribution is 2.48. The molecule has 3 rings (SSSR count). The van der Waals surface area contributed by atoms with Crippen LogP contribution in [0, 0.1) is 17.8 Å². The van der Waals surface area contributed by atoms with E-state index in [0.717, 1.165) is 18.4 Å². The van der Waals surface area contributed by atoms with Crippen molar-refractivity contribution in [1.29, 1.82) is 0 Å². The maximum absolute atomic E-state index is 12.1. The molecule has 2 N–H and O–H groups in total. The third-order valence-corrected chi connectivity index (χ3v) is 4.48. The van der Waals surface area contributed by atoms with Crippen LogP contribution >= 0.6 is 0 Å². The number of hydrogen-bond acceptors (Lipinski definition) is 3. The quantitative estimate of drug-likeness (QED) is 0.830. The third-order valence-electron chi connectivity index (χ3n) is 4.48. The molecular formula is C15H19NO2. The summed E-state index contributed by atoms with van der Waals surface area (Å²) in [5, 5.41) is 0. The number of benzene rings is 1. The van der Waals surface area contributed by atoms with Gasteiger partial charge in [0.2, 0.25) is 0 Å². The maximum Gasteiger partial charge on any atom is 0.311 e. The molecule has 0 saturated heterocycles. The first-order valence-corrected chi connectivity index (χ1v) is 6.72. The second-order valence-corrected chi connectivity index (χ2v) is 5.53. The minimum atomic E-state index is -0.0986. The van der Waals surface area contributed by atoms with E-state index in [1.54, 1.807) is 0 Å². The van der Waals surface area contributed by atoms with Gasteiger partial charge in [-0.2, -0.15) is 0 Å². The van der Waals surface area contributed by atoms with Gasteiger partial charge >= 0.3 is 5.97 Å². The van der Waals surface area contributed by atoms with Crippen molar-refractivity contribution in [2.75, 3.05) is 0 Å². The Morgan fingerprint density at radius 2 is 1.94 bits per heavy atom. The molecule has 1 aromatic carbocycles. The zero-order chi connectivity index (χ0) is 12.5. The molecular weight excluding hydrogens is 226 g/mol. The van der Waals surface area contributed by atoms with Crippen LogP contribution in [0.25, 0.3) is 0 Å². The van der Waals surface area contributed by atoms with E-state index in [9.17, 15) is 4.79 Å². The first-order valence-electron chi connectivity index (χ1n) is 6.72. The van der Waals surface area contributed by atoms with Gasteiger partial charge in [-0.15, -0.1) is 0 Å². The second-order valence-electron chi connectivity index (χ2n) is 5.53. The highest BCUT2D eigenvalue weighted by molar-refractivity contribution is 5.74. The highest BCUT2D eigenvalue weighted by Gasteiger charge is 2.49. The van der Waals surface area contributed by atoms with Crippen LogP contribution in [0.4, 0.5) is 0 Å². The predicted molar refractivity (Wildman–Crippen MR) is 68.5 cm³/mol. The average molecular weight is 245 g/mol. The largest absolute Gasteiger partial charge is 0.461 e. The molecule has 0 aromatic heterocycles. The van der Waals surface area contributed by atoms with Crippen molar-refractivity contribution >= 4 is 5.97 Å². The van der Waals surface area contributed by atoms with E-state index in [0.29, 0.717) is 18.4 Å². The minimum Gasteiger partial charge on any atom is -0.461 e. The lowest BCUT2D eigenvalue weighted by Crippen LogP contribution is -2.40. The van der Waals surface area contributed by atoms with Gasteiger partial charge in [0.15, 0.2) is 0 Å². The first kappa shape index (κ1) is 11.7. The fourth-order valence-corrected chi connectivity index (χ4v) is 3.51. The van der Waals surface area contributed by atoms with Crippen molar-refractivity contribution in [3.63, 3.8) is 0 Å². The van der Waals surface area contributed by atoms with Crippen molar-refractivity contribution in [2.24, 2.45) is 23.5 Å². The number of hydrogen-bond donors (Lipinski definition) is 1. The standard InChI is InChI=1S/C15H19NO2/c16-14-12-7-6-11(8-12)13(14)15(17)18-9-10-4-2-1-3-5-10/h1-5,11-14H,6-9,16H2/t11-,12+,13-,14+/m0/s1. The summed E-state index contributed by atoms with van der Waals surface area (Å²) in [6, 6.07) is 9.81. The van der Waals surface area contributed by atoms with Crippen LogP contribution in [-0.2, 0) is 16.1 Å². The van der Waals surface area contributed by atoms with Crippen LogP contribution in [0.5, 0.6) is 0 Å². The van der Waals surface area contributed by atoms with Crippen molar-refractivity contribution < 1.29 is 9.53 Å². The molecule has 2 saturated carbocycles. The van der Waals surface area contributed by atoms with Gasteiger partial charge in [-0.25, -0.2) is 0 Å². The van der Waals surface area contributed by atoms with Gasteiger partial charge in [0.25, 0.3) is 0 Å². The van der Waals surface area contributed by atoms with E-state index >= 15 is 0 Å². The van der Waals surface area contributed by atoms with E-state index < -0.39 is 0 Å². The molecule has 2 bridgehead atoms. The third kappa shape index (κ3) is 2.03. The molecule has 0 spiro atoms. The molecule has 1 aromatic rings. The Kier molecular flexibility index (Phi) is 3.08. The molecule has 4 atom stereocenters. The monoisotopic (exact) mass is 245 g/mol. The molecule has 0 amide bonds. The summed E-state index contributed by atoms with van der Waals surface area (Å²) in [6.07, 6.45) is 3.45. The van der Waals surface area contributed by atoms with Gasteiger partial charge < -0.3 is 10.5 Å². The maximum atomic E-state index is 12.1. The topological polar surface area (TPSA) is 52.3 Å². The molecule has 0 radical (unpaired) electrons. The predicted octanol–water partition coefficient (Wildman–Crippen LogP) is 2.10. The summed E-state index contributed by atoms with van der Waals surface area (Å²) >= 11 is 0. The zero-order valence-corrected chi connectivity index (χ0v) is 10.4. The summed E-state index contributed by atoms with van der Waals surface area (Å²) in [5.41, 5.74) is 7.16. The van der Waals surface area contributed by atoms with E-state index in [-0.39, 0.29) is 17.9 Å². The second kappa shape index (κ2) is 4.73. The summed E-state index contributed by atoms with van der Waals surface area (Å²) in [4.78, 5) is 12.1. The van der Waals surface area contributed by atoms with E-state index in [1.807, 2.05) is 30.3 Å². The van der Waals surface area contributed by atoms with E-state index in [1.165, 1.54) is 6.42 Å². The van der Waals surface area contributed by atoms with Gasteiger partial charge in [0, 0.05) is 6.04 Å². The Labute approximate surface area is 107 Å². The lowest BCUT2D eigenvalue weighted by atomic mass is 9.85. The van der Waals surface area contributed by atoms with E-state index in [2.05, 4.69) is 0 Å². The van der Waals surface area contributed by atoms with Crippen molar-refractivity contribution in [1.82, 2.24) is 0 Å². The van der Waals surface area contributed by atoms with Crippen LogP contribution in [0.3, 0.4) is 0 Å². The molecule has 0 unspecified atom stereocenters. The molecule has 2 fully saturated rings. The van der Waals surface area contributed by atoms with Crippen LogP contribution in [0.2, 0.25) is 0 Å². The van der Waals surface area contributed by atoms with Crippen LogP contribution in [-0.4, -0.2) is 12.0 Å². The van der Waals surface area contributed by atoms with Gasteiger partial charge in [-0.05, 0) is 36.7 Å². The highest BCUT2D eigenvalue weighted by atomic mass is 16.5. The van der Waals surface area contributed by atoms with Crippen LogP contribution in [0.15, 0.2) is 30.3 Å². The summed E-state index contributed by atoms with van der Waals surface area (Å²) in [7, 11) is 0. The number of rotatable bonds is 3. The summed E-state index contributed by atoms with van der Waals surface area (Å²) in [5.74, 6) is 0.851. The smallest absolute Gasteiger partial charge is 0.311 e. The summed E-state index contributed by atoms with van der Waals surface area (Å²) < 4.78 is 5.42. The molecule has 2 aliphatic rings. The summed E-state index contributed by atoms with van der Waals surface area (Å²) in [6.45, 7) is 0.361. The molecule has 3 nitrogen and oxygen atoms in total. The van der Waals surface area contributed by atoms with Gasteiger partial charge in [0.1, 0.15) is 6.61 Å². The normalized spacial score (nSPS) is 33.6. The Morgan fingerprint density at radius 1 is 1.22 bits per heavy atom. The van der Waals surface area contributed by atoms with Gasteiger partial charge in [-0.1, -0.05) is 30.3 Å². The van der Waals surface area contributed by atoms with Crippen molar-refractivity contribution in [2.45, 2.75) is 31.9 Å². The Bertz CT molecular complexity index is 429. The Morgan fingerprint density at radius 3 is 2.61 bits per heavy atom. The Balaban J connectivity index is 1.59.